The number of ether oxygens (including phenoxy) is 3. The van der Waals surface area contributed by atoms with Crippen molar-refractivity contribution in [2.24, 2.45) is 0 Å². The highest BCUT2D eigenvalue weighted by molar-refractivity contribution is 5.89. The number of unbranched alkanes of at least 4 members (excludes halogenated alkanes) is 1. The Balaban J connectivity index is 1.38. The predicted octanol–water partition coefficient (Wildman–Crippen LogP) is 7.41. The standard InChI is InChI=1S/C37H40N2O7/c1-3-45-36(40)13-6-7-23-38(26-28-14-20-32(21-15-28)37(41)44-2)24-22-31-9-4-5-12-35(31)46-27-29-16-18-30(19-17-29)33-10-8-11-34(25-33)39(42)43/h4-5,8-12,14-21,25H,3,6-7,13,22-24,26-27H2,1-2H3. The molecule has 0 N–H and O–H groups in total. The first kappa shape index (κ1) is 33.9. The van der Waals surface area contributed by atoms with E-state index in [0.717, 1.165) is 65.9 Å². The number of methoxy groups -OCH3 is 1. The van der Waals surface area contributed by atoms with Gasteiger partial charge in [0.1, 0.15) is 12.4 Å². The van der Waals surface area contributed by atoms with Gasteiger partial charge >= 0.3 is 11.9 Å². The highest BCUT2D eigenvalue weighted by Crippen LogP contribution is 2.25. The molecule has 0 aliphatic heterocycles. The summed E-state index contributed by atoms with van der Waals surface area (Å²) >= 11 is 0. The van der Waals surface area contributed by atoms with Gasteiger partial charge in [-0.25, -0.2) is 4.79 Å². The largest absolute Gasteiger partial charge is 0.489 e. The second-order valence-corrected chi connectivity index (χ2v) is 10.9. The van der Waals surface area contributed by atoms with E-state index in [1.165, 1.54) is 13.2 Å². The van der Waals surface area contributed by atoms with Gasteiger partial charge in [0.25, 0.3) is 5.69 Å². The molecule has 0 amide bonds. The molecule has 0 aliphatic rings. The smallest absolute Gasteiger partial charge is 0.337 e. The fourth-order valence-electron chi connectivity index (χ4n) is 5.11. The van der Waals surface area contributed by atoms with Crippen molar-refractivity contribution in [3.63, 3.8) is 0 Å². The zero-order valence-corrected chi connectivity index (χ0v) is 26.4. The van der Waals surface area contributed by atoms with Gasteiger partial charge in [-0.15, -0.1) is 0 Å². The molecule has 0 radical (unpaired) electrons. The van der Waals surface area contributed by atoms with Gasteiger partial charge in [0.2, 0.25) is 0 Å². The molecule has 46 heavy (non-hydrogen) atoms. The number of non-ortho nitro benzene ring substituents is 1. The maximum atomic E-state index is 11.9. The minimum atomic E-state index is -0.391. The highest BCUT2D eigenvalue weighted by atomic mass is 16.6. The van der Waals surface area contributed by atoms with E-state index in [4.69, 9.17) is 14.2 Å². The number of nitrogens with zero attached hydrogens (tertiary/aromatic N) is 2. The molecular formula is C37H40N2O7. The number of para-hydroxylation sites is 1. The molecule has 0 spiro atoms. The van der Waals surface area contributed by atoms with Crippen LogP contribution in [0, 0.1) is 10.1 Å². The monoisotopic (exact) mass is 624 g/mol. The van der Waals surface area contributed by atoms with Gasteiger partial charge in [-0.1, -0.05) is 66.7 Å². The molecule has 4 rings (SSSR count). The summed E-state index contributed by atoms with van der Waals surface area (Å²) in [7, 11) is 1.37. The fraction of sp³-hybridized carbons (Fsp3) is 0.297. The molecule has 0 atom stereocenters. The Bertz CT molecular complexity index is 1590. The van der Waals surface area contributed by atoms with Crippen molar-refractivity contribution >= 4 is 17.6 Å². The lowest BCUT2D eigenvalue weighted by Gasteiger charge is -2.23. The van der Waals surface area contributed by atoms with Gasteiger partial charge in [-0.3, -0.25) is 19.8 Å². The molecule has 4 aromatic rings. The van der Waals surface area contributed by atoms with E-state index in [1.54, 1.807) is 24.3 Å². The van der Waals surface area contributed by atoms with Crippen LogP contribution < -0.4 is 4.74 Å². The van der Waals surface area contributed by atoms with Crippen LogP contribution in [0.2, 0.25) is 0 Å². The van der Waals surface area contributed by atoms with Gasteiger partial charge in [0.15, 0.2) is 0 Å². The summed E-state index contributed by atoms with van der Waals surface area (Å²) in [6, 6.07) is 29.9. The van der Waals surface area contributed by atoms with Gasteiger partial charge < -0.3 is 14.2 Å². The molecule has 0 saturated heterocycles. The average molecular weight is 625 g/mol. The normalized spacial score (nSPS) is 10.8. The van der Waals surface area contributed by atoms with Crippen molar-refractivity contribution in [3.05, 3.63) is 129 Å². The van der Waals surface area contributed by atoms with Crippen LogP contribution in [0.1, 0.15) is 53.2 Å². The van der Waals surface area contributed by atoms with E-state index in [2.05, 4.69) is 11.0 Å². The first-order valence-corrected chi connectivity index (χ1v) is 15.5. The third-order valence-electron chi connectivity index (χ3n) is 7.60. The third kappa shape index (κ3) is 10.3. The molecule has 4 aromatic carbocycles. The summed E-state index contributed by atoms with van der Waals surface area (Å²) in [6.45, 7) is 4.86. The lowest BCUT2D eigenvalue weighted by Crippen LogP contribution is -2.27. The Labute approximate surface area is 269 Å². The van der Waals surface area contributed by atoms with E-state index >= 15 is 0 Å². The number of esters is 2. The Kier molecular flexibility index (Phi) is 12.9. The lowest BCUT2D eigenvalue weighted by atomic mass is 10.0. The minimum Gasteiger partial charge on any atom is -0.489 e. The molecule has 0 unspecified atom stereocenters. The zero-order chi connectivity index (χ0) is 32.7. The van der Waals surface area contributed by atoms with Crippen LogP contribution in [0.3, 0.4) is 0 Å². The van der Waals surface area contributed by atoms with Gasteiger partial charge in [-0.2, -0.15) is 0 Å². The van der Waals surface area contributed by atoms with E-state index < -0.39 is 4.92 Å². The summed E-state index contributed by atoms with van der Waals surface area (Å²) in [6.07, 6.45) is 2.76. The summed E-state index contributed by atoms with van der Waals surface area (Å²) in [5, 5.41) is 11.2. The van der Waals surface area contributed by atoms with Crippen LogP contribution >= 0.6 is 0 Å². The van der Waals surface area contributed by atoms with Crippen LogP contribution in [0.25, 0.3) is 11.1 Å². The maximum Gasteiger partial charge on any atom is 0.337 e. The summed E-state index contributed by atoms with van der Waals surface area (Å²) < 4.78 is 16.2. The maximum absolute atomic E-state index is 11.9. The van der Waals surface area contributed by atoms with Crippen LogP contribution in [0.15, 0.2) is 97.1 Å². The first-order chi connectivity index (χ1) is 22.4. The highest BCUT2D eigenvalue weighted by Gasteiger charge is 2.12. The fourth-order valence-corrected chi connectivity index (χ4v) is 5.11. The molecule has 0 fully saturated rings. The minimum absolute atomic E-state index is 0.0632. The van der Waals surface area contributed by atoms with Crippen LogP contribution in [-0.2, 0) is 33.8 Å². The number of hydrogen-bond acceptors (Lipinski definition) is 8. The van der Waals surface area contributed by atoms with Gasteiger partial charge in [0.05, 0.1) is 24.2 Å². The number of nitro groups is 1. The zero-order valence-electron chi connectivity index (χ0n) is 26.4. The molecule has 240 valence electrons. The number of rotatable bonds is 17. The van der Waals surface area contributed by atoms with E-state index in [9.17, 15) is 19.7 Å². The molecule has 0 saturated carbocycles. The quantitative estimate of drug-likeness (QED) is 0.0517. The van der Waals surface area contributed by atoms with E-state index in [-0.39, 0.29) is 17.6 Å². The molecule has 9 heteroatoms. The molecule has 9 nitrogen and oxygen atoms in total. The second kappa shape index (κ2) is 17.5. The summed E-state index contributed by atoms with van der Waals surface area (Å²) in [4.78, 5) is 36.8. The Morgan fingerprint density at radius 3 is 2.28 bits per heavy atom. The number of hydrogen-bond donors (Lipinski definition) is 0. The second-order valence-electron chi connectivity index (χ2n) is 10.9. The topological polar surface area (TPSA) is 108 Å². The van der Waals surface area contributed by atoms with Gasteiger partial charge in [-0.05, 0) is 78.7 Å². The molecular weight excluding hydrogens is 584 g/mol. The lowest BCUT2D eigenvalue weighted by molar-refractivity contribution is -0.384. The molecule has 0 bridgehead atoms. The number of carbonyl (C=O) groups is 2. The van der Waals surface area contributed by atoms with Crippen molar-refractivity contribution in [2.45, 2.75) is 45.8 Å². The summed E-state index contributed by atoms with van der Waals surface area (Å²) in [5.41, 5.74) is 5.42. The van der Waals surface area contributed by atoms with Crippen LogP contribution in [0.4, 0.5) is 5.69 Å². The van der Waals surface area contributed by atoms with Crippen molar-refractivity contribution in [1.82, 2.24) is 4.90 Å². The van der Waals surface area contributed by atoms with Crippen molar-refractivity contribution in [1.29, 1.82) is 0 Å². The summed E-state index contributed by atoms with van der Waals surface area (Å²) in [5.74, 6) is 0.282. The van der Waals surface area contributed by atoms with Crippen molar-refractivity contribution < 1.29 is 28.7 Å². The van der Waals surface area contributed by atoms with Crippen molar-refractivity contribution in [3.8, 4) is 16.9 Å². The van der Waals surface area contributed by atoms with Crippen molar-refractivity contribution in [2.75, 3.05) is 26.8 Å². The number of carbonyl (C=O) groups excluding carboxylic acids is 2. The SMILES string of the molecule is CCOC(=O)CCCCN(CCc1ccccc1OCc1ccc(-c2cccc([N+](=O)[O-])c2)cc1)Cc1ccc(C(=O)OC)cc1. The van der Waals surface area contributed by atoms with E-state index in [1.807, 2.05) is 67.6 Å². The molecule has 0 aliphatic carbocycles. The van der Waals surface area contributed by atoms with Crippen LogP contribution in [0.5, 0.6) is 5.75 Å². The Morgan fingerprint density at radius 2 is 1.57 bits per heavy atom. The van der Waals surface area contributed by atoms with Crippen LogP contribution in [-0.4, -0.2) is 48.6 Å². The Hall–Kier alpha value is -5.02. The van der Waals surface area contributed by atoms with Gasteiger partial charge in [0, 0.05) is 31.6 Å². The third-order valence-corrected chi connectivity index (χ3v) is 7.60. The first-order valence-electron chi connectivity index (χ1n) is 15.5. The molecule has 0 aromatic heterocycles. The predicted molar refractivity (Wildman–Crippen MR) is 177 cm³/mol. The number of nitro benzene ring substituents is 1. The Morgan fingerprint density at radius 1 is 0.826 bits per heavy atom. The molecule has 0 heterocycles. The van der Waals surface area contributed by atoms with E-state index in [0.29, 0.717) is 31.7 Å². The number of benzene rings is 4. The average Bonchev–Trinajstić information content (AvgIpc) is 3.08.